The van der Waals surface area contributed by atoms with Crippen molar-refractivity contribution in [1.29, 1.82) is 0 Å². The van der Waals surface area contributed by atoms with Crippen molar-refractivity contribution in [2.75, 3.05) is 0 Å². The van der Waals surface area contributed by atoms with Crippen LogP contribution >= 0.6 is 0 Å². The Bertz CT molecular complexity index is 1870. The van der Waals surface area contributed by atoms with Gasteiger partial charge in [0.2, 0.25) is 0 Å². The maximum Gasteiger partial charge on any atom is 0.141 e. The number of rotatable bonds is 2. The van der Waals surface area contributed by atoms with E-state index in [1.165, 1.54) is 22.3 Å². The van der Waals surface area contributed by atoms with Gasteiger partial charge in [-0.15, -0.1) is 0 Å². The monoisotopic (exact) mass is 662 g/mol. The average molecular weight is 663 g/mol. The summed E-state index contributed by atoms with van der Waals surface area (Å²) in [5, 5.41) is 26.3. The Hall–Kier alpha value is -3.98. The minimum absolute atomic E-state index is 0.0739. The van der Waals surface area contributed by atoms with Crippen LogP contribution in [0.4, 0.5) is 0 Å². The summed E-state index contributed by atoms with van der Waals surface area (Å²) in [4.78, 5) is 0. The van der Waals surface area contributed by atoms with Gasteiger partial charge in [0.1, 0.15) is 11.2 Å². The number of hydrogen-bond acceptors (Lipinski definition) is 2. The van der Waals surface area contributed by atoms with E-state index in [0.29, 0.717) is 0 Å². The maximum absolute atomic E-state index is 13.2. The van der Waals surface area contributed by atoms with Crippen LogP contribution in [-0.2, 0) is 32.9 Å². The Labute approximate surface area is 300 Å². The molecule has 0 saturated carbocycles. The molecule has 0 saturated heterocycles. The van der Waals surface area contributed by atoms with E-state index in [2.05, 4.69) is 156 Å². The normalized spacial score (nSPS) is 16.1. The highest BCUT2D eigenvalue weighted by Gasteiger charge is 2.47. The van der Waals surface area contributed by atoms with Gasteiger partial charge >= 0.3 is 0 Å². The first kappa shape index (κ1) is 34.5. The van der Waals surface area contributed by atoms with Crippen molar-refractivity contribution in [2.45, 2.75) is 116 Å². The van der Waals surface area contributed by atoms with Crippen LogP contribution in [0.15, 0.2) is 97.1 Å². The standard InChI is InChI=1S/C48H54O2/c1-43(2,3)31-17-21-35-36-22-18-32(44(4,5)6)26-40(36)47(49,39(35)25-31)29-13-15-30(16-14-29)48(50)41-27-33(45(7,8)9)19-23-37(41)38-24-20-34(28-42(38)48)46(10,11)12/h13-28,49-50H,1-12H3. The fourth-order valence-electron chi connectivity index (χ4n) is 8.04. The fraction of sp³-hybridized carbons (Fsp3) is 0.375. The molecule has 0 spiro atoms. The van der Waals surface area contributed by atoms with Gasteiger partial charge in [0.15, 0.2) is 0 Å². The molecule has 50 heavy (non-hydrogen) atoms. The molecule has 2 N–H and O–H groups in total. The summed E-state index contributed by atoms with van der Waals surface area (Å²) in [5.41, 5.74) is 11.3. The van der Waals surface area contributed by atoms with Gasteiger partial charge in [-0.3, -0.25) is 0 Å². The molecule has 0 unspecified atom stereocenters. The Morgan fingerprint density at radius 3 is 0.700 bits per heavy atom. The molecule has 2 heteroatoms. The van der Waals surface area contributed by atoms with Gasteiger partial charge in [-0.05, 0) is 77.3 Å². The highest BCUT2D eigenvalue weighted by atomic mass is 16.3. The lowest BCUT2D eigenvalue weighted by Gasteiger charge is -2.32. The topological polar surface area (TPSA) is 40.5 Å². The zero-order chi connectivity index (χ0) is 36.4. The van der Waals surface area contributed by atoms with Crippen LogP contribution in [0, 0.1) is 0 Å². The van der Waals surface area contributed by atoms with E-state index in [-0.39, 0.29) is 21.7 Å². The Kier molecular flexibility index (Phi) is 7.42. The molecule has 0 fully saturated rings. The summed E-state index contributed by atoms with van der Waals surface area (Å²) >= 11 is 0. The third-order valence-corrected chi connectivity index (χ3v) is 11.4. The molecule has 0 bridgehead atoms. The van der Waals surface area contributed by atoms with Crippen LogP contribution in [0.1, 0.15) is 139 Å². The molecule has 2 nitrogen and oxygen atoms in total. The predicted molar refractivity (Wildman–Crippen MR) is 209 cm³/mol. The van der Waals surface area contributed by atoms with E-state index >= 15 is 0 Å². The summed E-state index contributed by atoms with van der Waals surface area (Å²) in [7, 11) is 0. The molecule has 5 aromatic rings. The molecule has 0 amide bonds. The van der Waals surface area contributed by atoms with Crippen molar-refractivity contribution in [3.8, 4) is 22.3 Å². The molecular weight excluding hydrogens is 609 g/mol. The molecule has 2 aliphatic rings. The van der Waals surface area contributed by atoms with Crippen molar-refractivity contribution in [3.05, 3.63) is 153 Å². The smallest absolute Gasteiger partial charge is 0.141 e. The van der Waals surface area contributed by atoms with Gasteiger partial charge in [0, 0.05) is 22.3 Å². The van der Waals surface area contributed by atoms with Crippen LogP contribution in [0.2, 0.25) is 0 Å². The Balaban J connectivity index is 1.44. The maximum atomic E-state index is 13.2. The lowest BCUT2D eigenvalue weighted by molar-refractivity contribution is 0.126. The number of fused-ring (bicyclic) bond motifs is 6. The molecule has 0 aliphatic heterocycles. The summed E-state index contributed by atoms with van der Waals surface area (Å²) in [5.74, 6) is 0. The van der Waals surface area contributed by atoms with Gasteiger partial charge in [-0.25, -0.2) is 0 Å². The molecule has 0 atom stereocenters. The molecule has 258 valence electrons. The molecule has 7 rings (SSSR count). The van der Waals surface area contributed by atoms with Crippen molar-refractivity contribution >= 4 is 0 Å². The first-order chi connectivity index (χ1) is 23.1. The summed E-state index contributed by atoms with van der Waals surface area (Å²) in [6, 6.07) is 34.6. The van der Waals surface area contributed by atoms with Gasteiger partial charge in [-0.1, -0.05) is 180 Å². The SMILES string of the molecule is CC(C)(C)c1ccc2c(c1)C(O)(c1ccc(C3(O)c4cc(C(C)(C)C)ccc4-c4ccc(C(C)(C)C)cc43)cc1)c1cc(C(C)(C)C)ccc1-2. The molecule has 0 heterocycles. The number of hydrogen-bond donors (Lipinski definition) is 2. The second-order valence-corrected chi connectivity index (χ2v) is 19.0. The van der Waals surface area contributed by atoms with E-state index < -0.39 is 11.2 Å². The average Bonchev–Trinajstić information content (AvgIpc) is 3.45. The highest BCUT2D eigenvalue weighted by molar-refractivity contribution is 5.85. The minimum Gasteiger partial charge on any atom is -0.376 e. The summed E-state index contributed by atoms with van der Waals surface area (Å²) in [6.07, 6.45) is 0. The highest BCUT2D eigenvalue weighted by Crippen LogP contribution is 2.55. The zero-order valence-electron chi connectivity index (χ0n) is 32.1. The van der Waals surface area contributed by atoms with Gasteiger partial charge < -0.3 is 10.2 Å². The van der Waals surface area contributed by atoms with Crippen molar-refractivity contribution in [1.82, 2.24) is 0 Å². The van der Waals surface area contributed by atoms with E-state index in [1.807, 2.05) is 24.3 Å². The molecule has 0 aromatic heterocycles. The largest absolute Gasteiger partial charge is 0.376 e. The van der Waals surface area contributed by atoms with Crippen molar-refractivity contribution in [3.63, 3.8) is 0 Å². The molecule has 0 radical (unpaired) electrons. The zero-order valence-corrected chi connectivity index (χ0v) is 32.1. The van der Waals surface area contributed by atoms with Crippen LogP contribution in [0.25, 0.3) is 22.3 Å². The lowest BCUT2D eigenvalue weighted by Crippen LogP contribution is -2.29. The number of benzene rings is 5. The summed E-state index contributed by atoms with van der Waals surface area (Å²) < 4.78 is 0. The van der Waals surface area contributed by atoms with Crippen molar-refractivity contribution < 1.29 is 10.2 Å². The minimum atomic E-state index is -1.35. The van der Waals surface area contributed by atoms with Crippen LogP contribution in [0.3, 0.4) is 0 Å². The van der Waals surface area contributed by atoms with E-state index in [0.717, 1.165) is 55.6 Å². The van der Waals surface area contributed by atoms with Crippen LogP contribution in [0.5, 0.6) is 0 Å². The quantitative estimate of drug-likeness (QED) is 0.197. The molecule has 5 aromatic carbocycles. The van der Waals surface area contributed by atoms with Gasteiger partial charge in [0.05, 0.1) is 0 Å². The number of aliphatic hydroxyl groups is 2. The summed E-state index contributed by atoms with van der Waals surface area (Å²) in [6.45, 7) is 26.6. The lowest BCUT2D eigenvalue weighted by atomic mass is 9.76. The first-order valence-electron chi connectivity index (χ1n) is 18.2. The second-order valence-electron chi connectivity index (χ2n) is 19.0. The molecule has 2 aliphatic carbocycles. The third-order valence-electron chi connectivity index (χ3n) is 11.4. The fourth-order valence-corrected chi connectivity index (χ4v) is 8.04. The van der Waals surface area contributed by atoms with Crippen LogP contribution < -0.4 is 0 Å². The van der Waals surface area contributed by atoms with E-state index in [1.54, 1.807) is 0 Å². The first-order valence-corrected chi connectivity index (χ1v) is 18.2. The molecular formula is C48H54O2. The second kappa shape index (κ2) is 10.8. The third kappa shape index (κ3) is 5.13. The Morgan fingerprint density at radius 1 is 0.320 bits per heavy atom. The van der Waals surface area contributed by atoms with Crippen molar-refractivity contribution in [2.24, 2.45) is 0 Å². The van der Waals surface area contributed by atoms with E-state index in [4.69, 9.17) is 0 Å². The van der Waals surface area contributed by atoms with Gasteiger partial charge in [0.25, 0.3) is 0 Å². The van der Waals surface area contributed by atoms with Crippen LogP contribution in [-0.4, -0.2) is 10.2 Å². The van der Waals surface area contributed by atoms with Gasteiger partial charge in [-0.2, -0.15) is 0 Å². The van der Waals surface area contributed by atoms with E-state index in [9.17, 15) is 10.2 Å². The predicted octanol–water partition coefficient (Wildman–Crippen LogP) is 11.4. The Morgan fingerprint density at radius 2 is 0.520 bits per heavy atom.